The van der Waals surface area contributed by atoms with Gasteiger partial charge in [0.15, 0.2) is 5.82 Å². The first-order valence-corrected chi connectivity index (χ1v) is 5.24. The molecule has 0 aromatic carbocycles. The van der Waals surface area contributed by atoms with E-state index >= 15 is 0 Å². The molecule has 0 unspecified atom stereocenters. The van der Waals surface area contributed by atoms with Crippen molar-refractivity contribution in [3.8, 4) is 0 Å². The Hall–Kier alpha value is -1.25. The predicted octanol–water partition coefficient (Wildman–Crippen LogP) is 0.588. The van der Waals surface area contributed by atoms with Crippen LogP contribution < -0.4 is 5.56 Å². The van der Waals surface area contributed by atoms with E-state index in [0.717, 1.165) is 0 Å². The van der Waals surface area contributed by atoms with Gasteiger partial charge in [-0.3, -0.25) is 9.36 Å². The van der Waals surface area contributed by atoms with Crippen molar-refractivity contribution in [3.05, 3.63) is 38.2 Å². The number of nitrogens with zero attached hydrogens (tertiary/aromatic N) is 4. The minimum atomic E-state index is -0.104. The van der Waals surface area contributed by atoms with Crippen molar-refractivity contribution in [2.45, 2.75) is 13.5 Å². The Balaban J connectivity index is 2.32. The summed E-state index contributed by atoms with van der Waals surface area (Å²) in [6.07, 6.45) is 2.97. The highest BCUT2D eigenvalue weighted by molar-refractivity contribution is 14.1. The third kappa shape index (κ3) is 2.22. The Labute approximate surface area is 98.5 Å². The second-order valence-corrected chi connectivity index (χ2v) is 4.07. The van der Waals surface area contributed by atoms with Crippen LogP contribution in [0.1, 0.15) is 11.7 Å². The van der Waals surface area contributed by atoms with Gasteiger partial charge in [0.2, 0.25) is 5.89 Å². The van der Waals surface area contributed by atoms with Gasteiger partial charge in [-0.2, -0.15) is 4.98 Å². The topological polar surface area (TPSA) is 73.8 Å². The molecule has 0 spiro atoms. The zero-order valence-electron chi connectivity index (χ0n) is 7.85. The predicted molar refractivity (Wildman–Crippen MR) is 59.4 cm³/mol. The third-order valence-corrected chi connectivity index (χ3v) is 2.48. The van der Waals surface area contributed by atoms with E-state index in [1.54, 1.807) is 6.92 Å². The molecule has 0 saturated carbocycles. The summed E-state index contributed by atoms with van der Waals surface area (Å²) in [6.45, 7) is 1.98. The molecule has 0 atom stereocenters. The van der Waals surface area contributed by atoms with Crippen molar-refractivity contribution in [3.63, 3.8) is 0 Å². The Morgan fingerprint density at radius 3 is 3.07 bits per heavy atom. The molecule has 0 bridgehead atoms. The fourth-order valence-electron chi connectivity index (χ4n) is 1.09. The standard InChI is InChI=1S/C8H7IN4O2/c1-5-11-7(12-15-5)3-13-4-10-2-6(9)8(13)14/h2,4H,3H2,1H3. The van der Waals surface area contributed by atoms with Gasteiger partial charge < -0.3 is 4.52 Å². The van der Waals surface area contributed by atoms with Crippen LogP contribution in [0.25, 0.3) is 0 Å². The molecule has 0 saturated heterocycles. The Morgan fingerprint density at radius 2 is 2.40 bits per heavy atom. The number of halogens is 1. The summed E-state index contributed by atoms with van der Waals surface area (Å²) < 4.78 is 6.81. The van der Waals surface area contributed by atoms with E-state index in [9.17, 15) is 4.79 Å². The average molecular weight is 318 g/mol. The van der Waals surface area contributed by atoms with Crippen LogP contribution in [0.4, 0.5) is 0 Å². The average Bonchev–Trinajstić information content (AvgIpc) is 2.59. The molecule has 2 aromatic heterocycles. The van der Waals surface area contributed by atoms with Crippen LogP contribution in [-0.4, -0.2) is 19.7 Å². The summed E-state index contributed by atoms with van der Waals surface area (Å²) in [6, 6.07) is 0. The van der Waals surface area contributed by atoms with Crippen molar-refractivity contribution < 1.29 is 4.52 Å². The summed E-state index contributed by atoms with van der Waals surface area (Å²) in [5.74, 6) is 0.954. The van der Waals surface area contributed by atoms with Gasteiger partial charge in [0.05, 0.1) is 16.4 Å². The first kappa shape index (κ1) is 10.3. The van der Waals surface area contributed by atoms with Crippen LogP contribution in [0.3, 0.4) is 0 Å². The van der Waals surface area contributed by atoms with Crippen molar-refractivity contribution in [2.75, 3.05) is 0 Å². The van der Waals surface area contributed by atoms with Crippen molar-refractivity contribution in [2.24, 2.45) is 0 Å². The highest BCUT2D eigenvalue weighted by Gasteiger charge is 2.06. The van der Waals surface area contributed by atoms with Crippen molar-refractivity contribution in [1.29, 1.82) is 0 Å². The second-order valence-electron chi connectivity index (χ2n) is 2.90. The summed E-state index contributed by atoms with van der Waals surface area (Å²) in [5.41, 5.74) is -0.104. The molecule has 0 N–H and O–H groups in total. The smallest absolute Gasteiger partial charge is 0.267 e. The Kier molecular flexibility index (Phi) is 2.80. The van der Waals surface area contributed by atoms with Crippen molar-refractivity contribution >= 4 is 22.6 Å². The Morgan fingerprint density at radius 1 is 1.60 bits per heavy atom. The van der Waals surface area contributed by atoms with Crippen molar-refractivity contribution in [1.82, 2.24) is 19.7 Å². The Bertz CT molecular complexity index is 533. The fourth-order valence-corrected chi connectivity index (χ4v) is 1.57. The van der Waals surface area contributed by atoms with Crippen LogP contribution in [0.5, 0.6) is 0 Å². The first-order chi connectivity index (χ1) is 7.16. The lowest BCUT2D eigenvalue weighted by atomic mass is 10.5. The molecule has 2 rings (SSSR count). The molecule has 2 aromatic rings. The van der Waals surface area contributed by atoms with Gasteiger partial charge in [-0.1, -0.05) is 5.16 Å². The maximum Gasteiger partial charge on any atom is 0.267 e. The largest absolute Gasteiger partial charge is 0.340 e. The zero-order chi connectivity index (χ0) is 10.8. The van der Waals surface area contributed by atoms with Crippen LogP contribution in [0.2, 0.25) is 0 Å². The quantitative estimate of drug-likeness (QED) is 0.758. The minimum Gasteiger partial charge on any atom is -0.340 e. The minimum absolute atomic E-state index is 0.104. The van der Waals surface area contributed by atoms with E-state index in [0.29, 0.717) is 15.3 Å². The molecular formula is C8H7IN4O2. The SMILES string of the molecule is Cc1nc(Cn2cncc(I)c2=O)no1. The fraction of sp³-hybridized carbons (Fsp3) is 0.250. The van der Waals surface area contributed by atoms with Gasteiger partial charge in [0, 0.05) is 13.1 Å². The van der Waals surface area contributed by atoms with E-state index in [1.807, 2.05) is 22.6 Å². The lowest BCUT2D eigenvalue weighted by Crippen LogP contribution is -2.23. The van der Waals surface area contributed by atoms with E-state index in [1.165, 1.54) is 17.1 Å². The van der Waals surface area contributed by atoms with Gasteiger partial charge in [-0.05, 0) is 22.6 Å². The van der Waals surface area contributed by atoms with E-state index in [2.05, 4.69) is 15.1 Å². The number of aromatic nitrogens is 4. The lowest BCUT2D eigenvalue weighted by molar-refractivity contribution is 0.385. The number of hydrogen-bond donors (Lipinski definition) is 0. The summed E-state index contributed by atoms with van der Waals surface area (Å²) in [4.78, 5) is 19.5. The number of hydrogen-bond acceptors (Lipinski definition) is 5. The van der Waals surface area contributed by atoms with Gasteiger partial charge in [0.25, 0.3) is 5.56 Å². The van der Waals surface area contributed by atoms with Crippen LogP contribution in [0, 0.1) is 10.5 Å². The van der Waals surface area contributed by atoms with Gasteiger partial charge in [-0.15, -0.1) is 0 Å². The van der Waals surface area contributed by atoms with Gasteiger partial charge in [-0.25, -0.2) is 4.98 Å². The molecule has 0 radical (unpaired) electrons. The zero-order valence-corrected chi connectivity index (χ0v) is 10.0. The normalized spacial score (nSPS) is 10.5. The molecule has 78 valence electrons. The molecule has 0 fully saturated rings. The highest BCUT2D eigenvalue weighted by atomic mass is 127. The van der Waals surface area contributed by atoms with Gasteiger partial charge in [0.1, 0.15) is 0 Å². The van der Waals surface area contributed by atoms with Crippen LogP contribution >= 0.6 is 22.6 Å². The van der Waals surface area contributed by atoms with Gasteiger partial charge >= 0.3 is 0 Å². The monoisotopic (exact) mass is 318 g/mol. The number of aryl methyl sites for hydroxylation is 1. The summed E-state index contributed by atoms with van der Waals surface area (Å²) >= 11 is 1.94. The maximum atomic E-state index is 11.6. The molecule has 0 aliphatic heterocycles. The highest BCUT2D eigenvalue weighted by Crippen LogP contribution is 1.98. The molecule has 2 heterocycles. The van der Waals surface area contributed by atoms with E-state index in [-0.39, 0.29) is 12.1 Å². The maximum absolute atomic E-state index is 11.6. The van der Waals surface area contributed by atoms with E-state index in [4.69, 9.17) is 4.52 Å². The molecular weight excluding hydrogens is 311 g/mol. The molecule has 6 nitrogen and oxygen atoms in total. The molecule has 0 aliphatic carbocycles. The second kappa shape index (κ2) is 4.09. The lowest BCUT2D eigenvalue weighted by Gasteiger charge is -2.00. The molecule has 0 amide bonds. The van der Waals surface area contributed by atoms with E-state index < -0.39 is 0 Å². The van der Waals surface area contributed by atoms with Crippen LogP contribution in [0.15, 0.2) is 21.8 Å². The van der Waals surface area contributed by atoms with Crippen LogP contribution in [-0.2, 0) is 6.54 Å². The molecule has 15 heavy (non-hydrogen) atoms. The third-order valence-electron chi connectivity index (χ3n) is 1.74. The summed E-state index contributed by atoms with van der Waals surface area (Å²) in [5, 5.41) is 3.71. The molecule has 0 aliphatic rings. The summed E-state index contributed by atoms with van der Waals surface area (Å²) in [7, 11) is 0. The first-order valence-electron chi connectivity index (χ1n) is 4.16. The number of rotatable bonds is 2. The molecule has 7 heteroatoms.